The number of aliphatic hydroxyl groups excluding tert-OH is 1. The zero-order chi connectivity index (χ0) is 8.97. The molecule has 1 aliphatic rings. The maximum Gasteiger partial charge on any atom is 0.249 e. The fourth-order valence-electron chi connectivity index (χ4n) is 1.10. The molecule has 0 aromatic heterocycles. The Morgan fingerprint density at radius 2 is 2.58 bits per heavy atom. The van der Waals surface area contributed by atoms with Crippen LogP contribution in [0.25, 0.3) is 0 Å². The lowest BCUT2D eigenvalue weighted by Gasteiger charge is -2.30. The Bertz CT molecular complexity index is 214. The van der Waals surface area contributed by atoms with Crippen molar-refractivity contribution in [2.45, 2.75) is 6.04 Å². The van der Waals surface area contributed by atoms with E-state index in [1.165, 1.54) is 4.90 Å². The van der Waals surface area contributed by atoms with Gasteiger partial charge in [0.25, 0.3) is 0 Å². The zero-order valence-corrected chi connectivity index (χ0v) is 7.38. The van der Waals surface area contributed by atoms with E-state index in [4.69, 9.17) is 10.4 Å². The summed E-state index contributed by atoms with van der Waals surface area (Å²) in [5, 5.41) is 17.3. The van der Waals surface area contributed by atoms with Crippen molar-refractivity contribution in [3.63, 3.8) is 0 Å². The highest BCUT2D eigenvalue weighted by molar-refractivity contribution is 7.99. The highest BCUT2D eigenvalue weighted by atomic mass is 32.2. The Hall–Kier alpha value is -0.730. The van der Waals surface area contributed by atoms with Crippen LogP contribution in [-0.4, -0.2) is 46.6 Å². The summed E-state index contributed by atoms with van der Waals surface area (Å²) in [4.78, 5) is 12.5. The second-order valence-electron chi connectivity index (χ2n) is 2.47. The SMILES string of the molecule is N#CC1CSCCN1C(=O)CO. The summed E-state index contributed by atoms with van der Waals surface area (Å²) in [5.41, 5.74) is 0. The number of rotatable bonds is 1. The zero-order valence-electron chi connectivity index (χ0n) is 6.56. The number of hydrogen-bond acceptors (Lipinski definition) is 4. The minimum absolute atomic E-state index is 0.346. The van der Waals surface area contributed by atoms with Gasteiger partial charge in [-0.2, -0.15) is 17.0 Å². The van der Waals surface area contributed by atoms with Crippen molar-refractivity contribution >= 4 is 17.7 Å². The Morgan fingerprint density at radius 3 is 3.17 bits per heavy atom. The summed E-state index contributed by atoms with van der Waals surface area (Å²) >= 11 is 1.66. The molecule has 1 aliphatic heterocycles. The van der Waals surface area contributed by atoms with Crippen molar-refractivity contribution < 1.29 is 9.90 Å². The predicted molar refractivity (Wildman–Crippen MR) is 45.5 cm³/mol. The van der Waals surface area contributed by atoms with Crippen LogP contribution < -0.4 is 0 Å². The molecule has 1 N–H and O–H groups in total. The van der Waals surface area contributed by atoms with Crippen LogP contribution in [0.3, 0.4) is 0 Å². The Labute approximate surface area is 75.2 Å². The molecule has 0 saturated carbocycles. The van der Waals surface area contributed by atoms with Gasteiger partial charge >= 0.3 is 0 Å². The number of thioether (sulfide) groups is 1. The van der Waals surface area contributed by atoms with Crippen molar-refractivity contribution in [2.75, 3.05) is 24.7 Å². The fourth-order valence-corrected chi connectivity index (χ4v) is 2.07. The van der Waals surface area contributed by atoms with Crippen LogP contribution in [0.5, 0.6) is 0 Å². The van der Waals surface area contributed by atoms with E-state index in [2.05, 4.69) is 0 Å². The normalized spacial score (nSPS) is 23.3. The van der Waals surface area contributed by atoms with E-state index in [1.807, 2.05) is 6.07 Å². The van der Waals surface area contributed by atoms with Crippen LogP contribution in [-0.2, 0) is 4.79 Å². The Morgan fingerprint density at radius 1 is 1.83 bits per heavy atom. The van der Waals surface area contributed by atoms with Gasteiger partial charge in [-0.1, -0.05) is 0 Å². The molecule has 0 aromatic rings. The van der Waals surface area contributed by atoms with E-state index in [-0.39, 0.29) is 11.9 Å². The predicted octanol–water partition coefficient (Wildman–Crippen LogP) is -0.554. The quantitative estimate of drug-likeness (QED) is 0.596. The van der Waals surface area contributed by atoms with E-state index in [0.717, 1.165) is 5.75 Å². The van der Waals surface area contributed by atoms with Crippen molar-refractivity contribution in [1.82, 2.24) is 4.90 Å². The molecule has 66 valence electrons. The molecule has 1 saturated heterocycles. The molecule has 1 fully saturated rings. The molecular weight excluding hydrogens is 176 g/mol. The molecule has 0 spiro atoms. The van der Waals surface area contributed by atoms with Crippen molar-refractivity contribution in [1.29, 1.82) is 5.26 Å². The second-order valence-corrected chi connectivity index (χ2v) is 3.61. The summed E-state index contributed by atoms with van der Waals surface area (Å²) in [6, 6.07) is 1.68. The third-order valence-electron chi connectivity index (χ3n) is 1.73. The third-order valence-corrected chi connectivity index (χ3v) is 2.76. The van der Waals surface area contributed by atoms with Crippen LogP contribution in [0.15, 0.2) is 0 Å². The van der Waals surface area contributed by atoms with E-state index in [1.54, 1.807) is 11.8 Å². The topological polar surface area (TPSA) is 64.3 Å². The molecule has 1 atom stereocenters. The fraction of sp³-hybridized carbons (Fsp3) is 0.714. The Balaban J connectivity index is 2.60. The first-order chi connectivity index (χ1) is 5.79. The van der Waals surface area contributed by atoms with E-state index in [9.17, 15) is 4.79 Å². The largest absolute Gasteiger partial charge is 0.387 e. The highest BCUT2D eigenvalue weighted by Crippen LogP contribution is 2.15. The van der Waals surface area contributed by atoms with Crippen LogP contribution >= 0.6 is 11.8 Å². The lowest BCUT2D eigenvalue weighted by molar-refractivity contribution is -0.134. The van der Waals surface area contributed by atoms with Gasteiger partial charge in [0.2, 0.25) is 5.91 Å². The number of hydrogen-bond donors (Lipinski definition) is 1. The summed E-state index contributed by atoms with van der Waals surface area (Å²) in [6.45, 7) is 0.0745. The average molecular weight is 186 g/mol. The number of carbonyl (C=O) groups excluding carboxylic acids is 1. The van der Waals surface area contributed by atoms with Gasteiger partial charge in [-0.25, -0.2) is 0 Å². The maximum absolute atomic E-state index is 11.1. The number of amides is 1. The van der Waals surface area contributed by atoms with E-state index < -0.39 is 6.61 Å². The van der Waals surface area contributed by atoms with Crippen molar-refractivity contribution in [3.8, 4) is 6.07 Å². The molecule has 4 nitrogen and oxygen atoms in total. The lowest BCUT2D eigenvalue weighted by Crippen LogP contribution is -2.46. The molecule has 5 heteroatoms. The van der Waals surface area contributed by atoms with Gasteiger partial charge in [-0.15, -0.1) is 0 Å². The molecule has 1 amide bonds. The molecule has 0 aromatic carbocycles. The summed E-state index contributed by atoms with van der Waals surface area (Å²) in [6.07, 6.45) is 0. The van der Waals surface area contributed by atoms with Gasteiger partial charge in [0.05, 0.1) is 6.07 Å². The second kappa shape index (κ2) is 4.33. The van der Waals surface area contributed by atoms with Gasteiger partial charge in [-0.05, 0) is 0 Å². The van der Waals surface area contributed by atoms with Gasteiger partial charge in [0.15, 0.2) is 0 Å². The van der Waals surface area contributed by atoms with Crippen LogP contribution in [0, 0.1) is 11.3 Å². The van der Waals surface area contributed by atoms with Gasteiger partial charge < -0.3 is 10.0 Å². The van der Waals surface area contributed by atoms with Crippen LogP contribution in [0.2, 0.25) is 0 Å². The van der Waals surface area contributed by atoms with E-state index >= 15 is 0 Å². The maximum atomic E-state index is 11.1. The number of aliphatic hydroxyl groups is 1. The molecular formula is C7H10N2O2S. The monoisotopic (exact) mass is 186 g/mol. The average Bonchev–Trinajstić information content (AvgIpc) is 2.16. The smallest absolute Gasteiger partial charge is 0.249 e. The lowest BCUT2D eigenvalue weighted by atomic mass is 10.3. The number of nitrogens with zero attached hydrogens (tertiary/aromatic N) is 2. The first kappa shape index (κ1) is 9.36. The van der Waals surface area contributed by atoms with Gasteiger partial charge in [0, 0.05) is 18.1 Å². The first-order valence-electron chi connectivity index (χ1n) is 3.67. The summed E-state index contributed by atoms with van der Waals surface area (Å²) in [7, 11) is 0. The van der Waals surface area contributed by atoms with E-state index in [0.29, 0.717) is 12.3 Å². The van der Waals surface area contributed by atoms with Gasteiger partial charge in [-0.3, -0.25) is 4.79 Å². The Kier molecular flexibility index (Phi) is 3.38. The van der Waals surface area contributed by atoms with Crippen molar-refractivity contribution in [2.24, 2.45) is 0 Å². The molecule has 0 radical (unpaired) electrons. The first-order valence-corrected chi connectivity index (χ1v) is 4.82. The van der Waals surface area contributed by atoms with Crippen molar-refractivity contribution in [3.05, 3.63) is 0 Å². The minimum atomic E-state index is -0.497. The molecule has 1 heterocycles. The number of carbonyl (C=O) groups is 1. The highest BCUT2D eigenvalue weighted by Gasteiger charge is 2.25. The summed E-state index contributed by atoms with van der Waals surface area (Å²) < 4.78 is 0. The molecule has 0 bridgehead atoms. The van der Waals surface area contributed by atoms with Gasteiger partial charge in [0.1, 0.15) is 12.6 Å². The minimum Gasteiger partial charge on any atom is -0.387 e. The van der Waals surface area contributed by atoms with Crippen LogP contribution in [0.4, 0.5) is 0 Å². The molecule has 1 rings (SSSR count). The molecule has 0 aliphatic carbocycles. The van der Waals surface area contributed by atoms with Crippen LogP contribution in [0.1, 0.15) is 0 Å². The number of nitriles is 1. The molecule has 12 heavy (non-hydrogen) atoms. The molecule has 1 unspecified atom stereocenters. The summed E-state index contributed by atoms with van der Waals surface area (Å²) in [5.74, 6) is 1.16. The third kappa shape index (κ3) is 1.90. The standard InChI is InChI=1S/C7H10N2O2S/c8-3-6-5-12-2-1-9(6)7(11)4-10/h6,10H,1-2,4-5H2.